The fourth-order valence-electron chi connectivity index (χ4n) is 4.07. The Hall–Kier alpha value is -3.75. The molecule has 2 heterocycles. The average molecular weight is 438 g/mol. The summed E-state index contributed by atoms with van der Waals surface area (Å²) in [5.74, 6) is 2.45. The smallest absolute Gasteiger partial charge is 0.271 e. The number of fused-ring (bicyclic) bond motifs is 1. The molecule has 0 spiro atoms. The summed E-state index contributed by atoms with van der Waals surface area (Å²) in [6, 6.07) is 8.57. The third-order valence-corrected chi connectivity index (χ3v) is 5.70. The van der Waals surface area contributed by atoms with Gasteiger partial charge in [-0.2, -0.15) is 5.10 Å². The quantitative estimate of drug-likeness (QED) is 0.446. The number of nitrogens with zero attached hydrogens (tertiary/aromatic N) is 3. The number of aryl methyl sites for hydroxylation is 1. The van der Waals surface area contributed by atoms with E-state index in [0.717, 1.165) is 54.0 Å². The van der Waals surface area contributed by atoms with Crippen LogP contribution in [-0.2, 0) is 6.42 Å². The highest BCUT2D eigenvalue weighted by Crippen LogP contribution is 2.43. The standard InChI is InChI=1S/C23H26N4O5/c1-14-8-9-16(27(28)29)13-18(14)26-23-17(7-5-6-10-24-23)21(25-26)15-11-19(30-2)22(32-4)20(12-15)31-3/h8-9,11-13,24H,5-7,10H2,1-4H3. The largest absolute Gasteiger partial charge is 0.493 e. The molecule has 1 aliphatic rings. The van der Waals surface area contributed by atoms with Gasteiger partial charge < -0.3 is 19.5 Å². The van der Waals surface area contributed by atoms with Crippen molar-refractivity contribution in [1.29, 1.82) is 0 Å². The first kappa shape index (κ1) is 21.5. The zero-order valence-electron chi connectivity index (χ0n) is 18.6. The van der Waals surface area contributed by atoms with Crippen LogP contribution in [0.25, 0.3) is 16.9 Å². The van der Waals surface area contributed by atoms with Crippen LogP contribution in [0.3, 0.4) is 0 Å². The summed E-state index contributed by atoms with van der Waals surface area (Å²) in [6.45, 7) is 2.73. The van der Waals surface area contributed by atoms with Gasteiger partial charge in [0.05, 0.1) is 37.6 Å². The molecule has 32 heavy (non-hydrogen) atoms. The molecule has 0 amide bonds. The van der Waals surface area contributed by atoms with Crippen molar-refractivity contribution >= 4 is 11.5 Å². The maximum Gasteiger partial charge on any atom is 0.271 e. The predicted octanol–water partition coefficient (Wildman–Crippen LogP) is 4.53. The maximum absolute atomic E-state index is 11.4. The molecule has 0 radical (unpaired) electrons. The monoisotopic (exact) mass is 438 g/mol. The van der Waals surface area contributed by atoms with Gasteiger partial charge in [-0.15, -0.1) is 0 Å². The number of benzene rings is 2. The second-order valence-electron chi connectivity index (χ2n) is 7.61. The minimum absolute atomic E-state index is 0.0257. The number of rotatable bonds is 6. The second kappa shape index (κ2) is 8.78. The van der Waals surface area contributed by atoms with E-state index in [-0.39, 0.29) is 5.69 Å². The summed E-state index contributed by atoms with van der Waals surface area (Å²) in [6.07, 6.45) is 2.87. The summed E-state index contributed by atoms with van der Waals surface area (Å²) in [4.78, 5) is 11.0. The first-order valence-corrected chi connectivity index (χ1v) is 10.4. The van der Waals surface area contributed by atoms with E-state index in [0.29, 0.717) is 22.9 Å². The molecule has 4 rings (SSSR count). The number of anilines is 1. The van der Waals surface area contributed by atoms with E-state index in [1.54, 1.807) is 38.1 Å². The number of methoxy groups -OCH3 is 3. The van der Waals surface area contributed by atoms with E-state index >= 15 is 0 Å². The molecule has 0 saturated heterocycles. The number of non-ortho nitro benzene ring substituents is 1. The minimum atomic E-state index is -0.390. The molecule has 168 valence electrons. The number of hydrogen-bond donors (Lipinski definition) is 1. The number of ether oxygens (including phenoxy) is 3. The van der Waals surface area contributed by atoms with Crippen LogP contribution in [0.15, 0.2) is 30.3 Å². The third-order valence-electron chi connectivity index (χ3n) is 5.70. The van der Waals surface area contributed by atoms with E-state index in [1.165, 1.54) is 6.07 Å². The average Bonchev–Trinajstić information content (AvgIpc) is 2.98. The molecule has 2 aromatic carbocycles. The summed E-state index contributed by atoms with van der Waals surface area (Å²) in [5, 5.41) is 19.8. The molecule has 3 aromatic rings. The van der Waals surface area contributed by atoms with E-state index in [2.05, 4.69) is 5.32 Å². The number of nitro benzene ring substituents is 1. The Labute approximate surface area is 186 Å². The topological polar surface area (TPSA) is 101 Å². The maximum atomic E-state index is 11.4. The molecule has 0 bridgehead atoms. The van der Waals surface area contributed by atoms with Crippen LogP contribution in [0.1, 0.15) is 24.0 Å². The third kappa shape index (κ3) is 3.70. The Kier molecular flexibility index (Phi) is 5.89. The molecular weight excluding hydrogens is 412 g/mol. The predicted molar refractivity (Wildman–Crippen MR) is 121 cm³/mol. The van der Waals surface area contributed by atoms with Gasteiger partial charge in [0.1, 0.15) is 5.82 Å². The Morgan fingerprint density at radius 3 is 2.41 bits per heavy atom. The van der Waals surface area contributed by atoms with Crippen LogP contribution in [0, 0.1) is 17.0 Å². The van der Waals surface area contributed by atoms with Crippen LogP contribution < -0.4 is 19.5 Å². The van der Waals surface area contributed by atoms with Crippen molar-refractivity contribution in [2.45, 2.75) is 26.2 Å². The second-order valence-corrected chi connectivity index (χ2v) is 7.61. The molecule has 0 atom stereocenters. The summed E-state index contributed by atoms with van der Waals surface area (Å²) < 4.78 is 18.3. The molecule has 0 fully saturated rings. The number of aromatic nitrogens is 2. The fourth-order valence-corrected chi connectivity index (χ4v) is 4.07. The summed E-state index contributed by atoms with van der Waals surface area (Å²) in [5.41, 5.74) is 4.24. The van der Waals surface area contributed by atoms with Crippen LogP contribution in [0.5, 0.6) is 17.2 Å². The Bertz CT molecular complexity index is 1150. The zero-order chi connectivity index (χ0) is 22.8. The highest BCUT2D eigenvalue weighted by molar-refractivity contribution is 5.76. The minimum Gasteiger partial charge on any atom is -0.493 e. The molecule has 0 saturated carbocycles. The van der Waals surface area contributed by atoms with Crippen LogP contribution >= 0.6 is 0 Å². The van der Waals surface area contributed by atoms with Crippen molar-refractivity contribution in [3.8, 4) is 34.2 Å². The van der Waals surface area contributed by atoms with Crippen molar-refractivity contribution in [2.75, 3.05) is 33.2 Å². The number of hydrogen-bond acceptors (Lipinski definition) is 7. The van der Waals surface area contributed by atoms with Crippen LogP contribution in [0.2, 0.25) is 0 Å². The van der Waals surface area contributed by atoms with Gasteiger partial charge in [-0.05, 0) is 43.9 Å². The molecule has 9 nitrogen and oxygen atoms in total. The van der Waals surface area contributed by atoms with E-state index < -0.39 is 4.92 Å². The zero-order valence-corrected chi connectivity index (χ0v) is 18.6. The molecule has 1 aromatic heterocycles. The van der Waals surface area contributed by atoms with Gasteiger partial charge in [0.15, 0.2) is 11.5 Å². The fraction of sp³-hybridized carbons (Fsp3) is 0.348. The molecule has 9 heteroatoms. The van der Waals surface area contributed by atoms with Gasteiger partial charge in [0.25, 0.3) is 5.69 Å². The molecular formula is C23H26N4O5. The van der Waals surface area contributed by atoms with Crippen molar-refractivity contribution in [2.24, 2.45) is 0 Å². The van der Waals surface area contributed by atoms with Gasteiger partial charge >= 0.3 is 0 Å². The van der Waals surface area contributed by atoms with Gasteiger partial charge in [0.2, 0.25) is 5.75 Å². The van der Waals surface area contributed by atoms with Crippen molar-refractivity contribution in [3.63, 3.8) is 0 Å². The van der Waals surface area contributed by atoms with Crippen LogP contribution in [-0.4, -0.2) is 42.6 Å². The lowest BCUT2D eigenvalue weighted by molar-refractivity contribution is -0.384. The summed E-state index contributed by atoms with van der Waals surface area (Å²) in [7, 11) is 4.72. The first-order valence-electron chi connectivity index (χ1n) is 10.4. The Balaban J connectivity index is 1.96. The van der Waals surface area contributed by atoms with E-state index in [9.17, 15) is 10.1 Å². The molecule has 0 aliphatic carbocycles. The molecule has 0 unspecified atom stereocenters. The normalized spacial score (nSPS) is 13.0. The van der Waals surface area contributed by atoms with Crippen LogP contribution in [0.4, 0.5) is 11.5 Å². The Morgan fingerprint density at radius 1 is 1.06 bits per heavy atom. The van der Waals surface area contributed by atoms with Crippen molar-refractivity contribution < 1.29 is 19.1 Å². The first-order chi connectivity index (χ1) is 15.5. The lowest BCUT2D eigenvalue weighted by atomic mass is 10.0. The molecule has 1 N–H and O–H groups in total. The van der Waals surface area contributed by atoms with Gasteiger partial charge in [0, 0.05) is 29.8 Å². The van der Waals surface area contributed by atoms with Gasteiger partial charge in [-0.1, -0.05) is 6.07 Å². The summed E-state index contributed by atoms with van der Waals surface area (Å²) >= 11 is 0. The lowest BCUT2D eigenvalue weighted by Gasteiger charge is -2.14. The highest BCUT2D eigenvalue weighted by atomic mass is 16.6. The van der Waals surface area contributed by atoms with Crippen molar-refractivity contribution in [3.05, 3.63) is 51.6 Å². The Morgan fingerprint density at radius 2 is 1.78 bits per heavy atom. The number of nitrogens with one attached hydrogen (secondary N) is 1. The van der Waals surface area contributed by atoms with E-state index in [4.69, 9.17) is 19.3 Å². The highest BCUT2D eigenvalue weighted by Gasteiger charge is 2.25. The lowest BCUT2D eigenvalue weighted by Crippen LogP contribution is -2.08. The number of nitro groups is 1. The van der Waals surface area contributed by atoms with E-state index in [1.807, 2.05) is 19.1 Å². The van der Waals surface area contributed by atoms with Crippen molar-refractivity contribution in [1.82, 2.24) is 9.78 Å². The SMILES string of the molecule is COc1cc(-c2nn(-c3cc([N+](=O)[O-])ccc3C)c3c2CCCCN3)cc(OC)c1OC. The molecule has 1 aliphatic heterocycles. The van der Waals surface area contributed by atoms with Gasteiger partial charge in [-0.3, -0.25) is 10.1 Å². The van der Waals surface area contributed by atoms with Gasteiger partial charge in [-0.25, -0.2) is 4.68 Å².